The van der Waals surface area contributed by atoms with Gasteiger partial charge in [0, 0.05) is 25.1 Å². The summed E-state index contributed by atoms with van der Waals surface area (Å²) in [7, 11) is 0. The van der Waals surface area contributed by atoms with Gasteiger partial charge in [0.15, 0.2) is 11.5 Å². The first-order valence-electron chi connectivity index (χ1n) is 8.60. The predicted octanol–water partition coefficient (Wildman–Crippen LogP) is 6.00. The van der Waals surface area contributed by atoms with E-state index < -0.39 is 12.3 Å². The van der Waals surface area contributed by atoms with Gasteiger partial charge in [-0.3, -0.25) is 0 Å². The summed E-state index contributed by atoms with van der Waals surface area (Å²) >= 11 is 2.13. The highest BCUT2D eigenvalue weighted by molar-refractivity contribution is 14.1. The summed E-state index contributed by atoms with van der Waals surface area (Å²) in [6, 6.07) is 12.6. The van der Waals surface area contributed by atoms with Crippen LogP contribution in [0.3, 0.4) is 0 Å². The van der Waals surface area contributed by atoms with Crippen molar-refractivity contribution in [3.63, 3.8) is 0 Å². The summed E-state index contributed by atoms with van der Waals surface area (Å²) in [5.74, 6) is 0.636. The number of hydrogen-bond donors (Lipinski definition) is 0. The molecule has 0 saturated heterocycles. The van der Waals surface area contributed by atoms with Gasteiger partial charge in [-0.05, 0) is 28.7 Å². The maximum absolute atomic E-state index is 12.1. The van der Waals surface area contributed by atoms with Crippen molar-refractivity contribution in [2.24, 2.45) is 0 Å². The second-order valence-corrected chi connectivity index (χ2v) is 6.93. The number of ether oxygens (including phenoxy) is 4. The monoisotopic (exact) mass is 504 g/mol. The van der Waals surface area contributed by atoms with Gasteiger partial charge in [0.1, 0.15) is 13.2 Å². The van der Waals surface area contributed by atoms with Gasteiger partial charge in [0.05, 0.1) is 0 Å². The number of rotatable bonds is 6. The number of hydrogen-bond acceptors (Lipinski definition) is 6. The number of carbonyl (C=O) groups is 2. The van der Waals surface area contributed by atoms with E-state index in [1.165, 1.54) is 12.2 Å². The molecule has 0 amide bonds. The Morgan fingerprint density at radius 2 is 1.31 bits per heavy atom. The first-order chi connectivity index (χ1) is 14.1. The highest BCUT2D eigenvalue weighted by Gasteiger charge is 2.22. The van der Waals surface area contributed by atoms with Gasteiger partial charge in [0.2, 0.25) is 0 Å². The smallest absolute Gasteiger partial charge is 0.430 e. The lowest BCUT2D eigenvalue weighted by atomic mass is 10.0. The van der Waals surface area contributed by atoms with Crippen LogP contribution in [0.5, 0.6) is 11.5 Å². The highest BCUT2D eigenvalue weighted by atomic mass is 127. The Labute approximate surface area is 180 Å². The fourth-order valence-corrected chi connectivity index (χ4v) is 3.54. The summed E-state index contributed by atoms with van der Waals surface area (Å²) in [4.78, 5) is 24.3. The van der Waals surface area contributed by atoms with E-state index in [2.05, 4.69) is 35.7 Å². The van der Waals surface area contributed by atoms with Gasteiger partial charge in [-0.25, -0.2) is 9.59 Å². The number of benzene rings is 3. The molecule has 3 aromatic carbocycles. The minimum Gasteiger partial charge on any atom is -0.430 e. The first kappa shape index (κ1) is 20.7. The zero-order chi connectivity index (χ0) is 20.8. The minimum atomic E-state index is -0.853. The molecule has 0 aliphatic rings. The van der Waals surface area contributed by atoms with E-state index >= 15 is 0 Å². The summed E-state index contributed by atoms with van der Waals surface area (Å²) in [6.07, 6.45) is 1.20. The van der Waals surface area contributed by atoms with Crippen molar-refractivity contribution in [1.29, 1.82) is 0 Å². The molecular weight excluding hydrogens is 487 g/mol. The summed E-state index contributed by atoms with van der Waals surface area (Å²) in [5, 5.41) is 2.39. The molecule has 0 N–H and O–H groups in total. The Morgan fingerprint density at radius 1 is 0.793 bits per heavy atom. The third-order valence-electron chi connectivity index (χ3n) is 3.91. The van der Waals surface area contributed by atoms with Crippen molar-refractivity contribution in [3.05, 3.63) is 71.3 Å². The molecule has 7 heteroatoms. The second-order valence-electron chi connectivity index (χ2n) is 5.77. The molecule has 0 spiro atoms. The molecule has 3 rings (SSSR count). The molecular formula is C22H17IO6. The minimum absolute atomic E-state index is 0.0299. The first-order valence-corrected chi connectivity index (χ1v) is 9.68. The number of halogens is 1. The molecule has 0 radical (unpaired) electrons. The molecule has 148 valence electrons. The van der Waals surface area contributed by atoms with Crippen LogP contribution in [0.4, 0.5) is 9.59 Å². The fraction of sp³-hybridized carbons (Fsp3) is 0.0909. The normalized spacial score (nSPS) is 10.4. The molecule has 0 heterocycles. The van der Waals surface area contributed by atoms with Gasteiger partial charge >= 0.3 is 12.3 Å². The SMILES string of the molecule is C=CCOC(=O)Oc1c2ccccc2c(OC(=O)OCC=C)c2c(I)cccc12. The lowest BCUT2D eigenvalue weighted by Crippen LogP contribution is -2.13. The van der Waals surface area contributed by atoms with Crippen LogP contribution in [-0.4, -0.2) is 25.5 Å². The maximum atomic E-state index is 12.1. The third-order valence-corrected chi connectivity index (χ3v) is 4.81. The molecule has 0 aliphatic carbocycles. The average molecular weight is 504 g/mol. The van der Waals surface area contributed by atoms with Gasteiger partial charge in [-0.1, -0.05) is 61.7 Å². The van der Waals surface area contributed by atoms with Crippen LogP contribution in [-0.2, 0) is 9.47 Å². The zero-order valence-electron chi connectivity index (χ0n) is 15.4. The van der Waals surface area contributed by atoms with Crippen molar-refractivity contribution in [2.75, 3.05) is 13.2 Å². The number of carbonyl (C=O) groups excluding carboxylic acids is 2. The van der Waals surface area contributed by atoms with E-state index in [4.69, 9.17) is 18.9 Å². The molecule has 0 atom stereocenters. The third kappa shape index (κ3) is 4.51. The molecule has 0 bridgehead atoms. The zero-order valence-corrected chi connectivity index (χ0v) is 17.5. The van der Waals surface area contributed by atoms with Crippen molar-refractivity contribution >= 4 is 56.4 Å². The van der Waals surface area contributed by atoms with Crippen LogP contribution in [0, 0.1) is 3.57 Å². The van der Waals surface area contributed by atoms with Crippen LogP contribution >= 0.6 is 22.6 Å². The fourth-order valence-electron chi connectivity index (χ4n) is 2.80. The van der Waals surface area contributed by atoms with Gasteiger partial charge in [0.25, 0.3) is 0 Å². The van der Waals surface area contributed by atoms with Crippen LogP contribution < -0.4 is 9.47 Å². The van der Waals surface area contributed by atoms with Gasteiger partial charge in [-0.2, -0.15) is 0 Å². The van der Waals surface area contributed by atoms with E-state index in [-0.39, 0.29) is 13.2 Å². The van der Waals surface area contributed by atoms with E-state index in [0.717, 1.165) is 3.57 Å². The Morgan fingerprint density at radius 3 is 1.90 bits per heavy atom. The van der Waals surface area contributed by atoms with Crippen LogP contribution in [0.25, 0.3) is 21.5 Å². The lowest BCUT2D eigenvalue weighted by Gasteiger charge is -2.16. The average Bonchev–Trinajstić information content (AvgIpc) is 2.73. The highest BCUT2D eigenvalue weighted by Crippen LogP contribution is 2.44. The Hall–Kier alpha value is -3.07. The Bertz CT molecular complexity index is 1110. The van der Waals surface area contributed by atoms with Gasteiger partial charge < -0.3 is 18.9 Å². The number of fused-ring (bicyclic) bond motifs is 2. The molecule has 0 saturated carbocycles. The van der Waals surface area contributed by atoms with Crippen molar-refractivity contribution in [2.45, 2.75) is 0 Å². The molecule has 0 aromatic heterocycles. The van der Waals surface area contributed by atoms with E-state index in [1.807, 2.05) is 12.1 Å². The lowest BCUT2D eigenvalue weighted by molar-refractivity contribution is 0.109. The molecule has 0 fully saturated rings. The van der Waals surface area contributed by atoms with Crippen molar-refractivity contribution < 1.29 is 28.5 Å². The van der Waals surface area contributed by atoms with Crippen LogP contribution in [0.15, 0.2) is 67.8 Å². The standard InChI is InChI=1S/C22H17IO6/c1-3-12-26-21(24)28-19-14-8-5-6-9-15(14)20(29-22(25)27-13-4-2)18-16(19)10-7-11-17(18)23/h3-11H,1-2,12-13H2. The van der Waals surface area contributed by atoms with Crippen molar-refractivity contribution in [3.8, 4) is 11.5 Å². The molecule has 0 unspecified atom stereocenters. The quantitative estimate of drug-likeness (QED) is 0.135. The largest absolute Gasteiger partial charge is 0.514 e. The van der Waals surface area contributed by atoms with Gasteiger partial charge in [-0.15, -0.1) is 0 Å². The maximum Gasteiger partial charge on any atom is 0.514 e. The van der Waals surface area contributed by atoms with E-state index in [9.17, 15) is 9.59 Å². The van der Waals surface area contributed by atoms with Crippen LogP contribution in [0.2, 0.25) is 0 Å². The molecule has 29 heavy (non-hydrogen) atoms. The Kier molecular flexibility index (Phi) is 6.71. The summed E-state index contributed by atoms with van der Waals surface area (Å²) in [5.41, 5.74) is 0. The molecule has 6 nitrogen and oxygen atoms in total. The predicted molar refractivity (Wildman–Crippen MR) is 119 cm³/mol. The van der Waals surface area contributed by atoms with E-state index in [1.54, 1.807) is 30.3 Å². The topological polar surface area (TPSA) is 71.1 Å². The molecule has 3 aromatic rings. The van der Waals surface area contributed by atoms with Crippen LogP contribution in [0.1, 0.15) is 0 Å². The Balaban J connectivity index is 2.22. The van der Waals surface area contributed by atoms with Crippen molar-refractivity contribution in [1.82, 2.24) is 0 Å². The summed E-state index contributed by atoms with van der Waals surface area (Å²) in [6.45, 7) is 7.09. The second kappa shape index (κ2) is 9.42. The summed E-state index contributed by atoms with van der Waals surface area (Å²) < 4.78 is 21.8. The van der Waals surface area contributed by atoms with E-state index in [0.29, 0.717) is 33.0 Å². The molecule has 0 aliphatic heterocycles.